The van der Waals surface area contributed by atoms with Crippen molar-refractivity contribution in [3.63, 3.8) is 0 Å². The van der Waals surface area contributed by atoms with Crippen molar-refractivity contribution in [3.05, 3.63) is 82.6 Å². The minimum atomic E-state index is -0.694. The van der Waals surface area contributed by atoms with Crippen LogP contribution in [-0.4, -0.2) is 44.7 Å². The summed E-state index contributed by atoms with van der Waals surface area (Å²) < 4.78 is 54.0. The molecule has 1 heterocycles. The van der Waals surface area contributed by atoms with Crippen LogP contribution in [-0.2, 0) is 20.7 Å². The summed E-state index contributed by atoms with van der Waals surface area (Å²) in [6, 6.07) is 4.55. The van der Waals surface area contributed by atoms with Crippen LogP contribution < -0.4 is 15.2 Å². The molecule has 0 spiro atoms. The minimum Gasteiger partial charge on any atom is -0.488 e. The highest BCUT2D eigenvalue weighted by molar-refractivity contribution is 6.33. The van der Waals surface area contributed by atoms with Crippen molar-refractivity contribution in [2.75, 3.05) is 26.9 Å². The summed E-state index contributed by atoms with van der Waals surface area (Å²) in [6.07, 6.45) is 10.7. The monoisotopic (exact) mass is 609 g/mol. The molecule has 1 aliphatic rings. The SMILES string of the molecule is C=C/C=C\C(=C/C)Oc1cc(F)c(Cl)c(-c2c(C)ccc(OCCOC3CCCCO3)c2F)c1CCC.CN.O=CO. The summed E-state index contributed by atoms with van der Waals surface area (Å²) in [6.45, 7) is 10.1. The molecule has 2 aromatic carbocycles. The number of nitrogens with two attached hydrogens (primary N) is 1. The van der Waals surface area contributed by atoms with E-state index in [1.807, 2.05) is 13.8 Å². The van der Waals surface area contributed by atoms with Crippen molar-refractivity contribution in [1.82, 2.24) is 0 Å². The smallest absolute Gasteiger partial charge is 0.290 e. The van der Waals surface area contributed by atoms with Gasteiger partial charge in [0.2, 0.25) is 0 Å². The van der Waals surface area contributed by atoms with Gasteiger partial charge >= 0.3 is 0 Å². The molecule has 1 fully saturated rings. The summed E-state index contributed by atoms with van der Waals surface area (Å²) >= 11 is 6.49. The molecule has 0 bridgehead atoms. The molecule has 7 nitrogen and oxygen atoms in total. The number of halogens is 3. The average molecular weight is 610 g/mol. The Kier molecular flexibility index (Phi) is 18.0. The number of allylic oxidation sites excluding steroid dienone is 4. The fourth-order valence-electron chi connectivity index (χ4n) is 4.22. The van der Waals surface area contributed by atoms with Crippen molar-refractivity contribution in [3.8, 4) is 22.6 Å². The molecular weight excluding hydrogens is 568 g/mol. The van der Waals surface area contributed by atoms with E-state index in [0.29, 0.717) is 29.9 Å². The predicted octanol–water partition coefficient (Wildman–Crippen LogP) is 7.77. The first-order valence-corrected chi connectivity index (χ1v) is 14.2. The fourth-order valence-corrected chi connectivity index (χ4v) is 4.48. The van der Waals surface area contributed by atoms with Crippen LogP contribution in [0.15, 0.2) is 54.8 Å². The van der Waals surface area contributed by atoms with Gasteiger partial charge in [-0.3, -0.25) is 4.79 Å². The third kappa shape index (κ3) is 10.9. The first-order chi connectivity index (χ1) is 20.3. The number of hydrogen-bond acceptors (Lipinski definition) is 6. The van der Waals surface area contributed by atoms with Crippen LogP contribution in [0.5, 0.6) is 11.5 Å². The van der Waals surface area contributed by atoms with Gasteiger partial charge in [-0.05, 0) is 70.4 Å². The van der Waals surface area contributed by atoms with Crippen LogP contribution in [0.3, 0.4) is 0 Å². The number of ether oxygens (including phenoxy) is 4. The Hall–Kier alpha value is -3.24. The lowest BCUT2D eigenvalue weighted by molar-refractivity contribution is -0.165. The van der Waals surface area contributed by atoms with Gasteiger partial charge in [-0.25, -0.2) is 8.78 Å². The van der Waals surface area contributed by atoms with Gasteiger partial charge in [0, 0.05) is 29.4 Å². The molecular formula is C32H42ClF2NO6. The number of carbonyl (C=O) groups is 1. The fraction of sp³-hybridized carbons (Fsp3) is 0.406. The second kappa shape index (κ2) is 20.6. The average Bonchev–Trinajstić information content (AvgIpc) is 3.00. The van der Waals surface area contributed by atoms with Gasteiger partial charge in [0.1, 0.15) is 23.9 Å². The highest BCUT2D eigenvalue weighted by Crippen LogP contribution is 2.44. The van der Waals surface area contributed by atoms with Gasteiger partial charge in [0.15, 0.2) is 17.9 Å². The zero-order chi connectivity index (χ0) is 31.5. The molecule has 3 rings (SSSR count). The summed E-state index contributed by atoms with van der Waals surface area (Å²) in [4.78, 5) is 8.36. The highest BCUT2D eigenvalue weighted by Gasteiger charge is 2.25. The van der Waals surface area contributed by atoms with E-state index < -0.39 is 11.6 Å². The Morgan fingerprint density at radius 3 is 2.52 bits per heavy atom. The van der Waals surface area contributed by atoms with Crippen LogP contribution >= 0.6 is 11.6 Å². The maximum Gasteiger partial charge on any atom is 0.290 e. The van der Waals surface area contributed by atoms with Crippen molar-refractivity contribution in [2.45, 2.75) is 59.2 Å². The quantitative estimate of drug-likeness (QED) is 0.110. The molecule has 232 valence electrons. The second-order valence-electron chi connectivity index (χ2n) is 8.85. The van der Waals surface area contributed by atoms with Crippen LogP contribution in [0.25, 0.3) is 11.1 Å². The topological polar surface area (TPSA) is 100 Å². The normalized spacial score (nSPS) is 14.8. The molecule has 10 heteroatoms. The summed E-state index contributed by atoms with van der Waals surface area (Å²) in [7, 11) is 1.50. The third-order valence-corrected chi connectivity index (χ3v) is 6.41. The predicted molar refractivity (Wildman–Crippen MR) is 163 cm³/mol. The number of hydrogen-bond donors (Lipinski definition) is 2. The first-order valence-electron chi connectivity index (χ1n) is 13.8. The molecule has 1 unspecified atom stereocenters. The van der Waals surface area contributed by atoms with Crippen LogP contribution in [0.4, 0.5) is 8.78 Å². The summed E-state index contributed by atoms with van der Waals surface area (Å²) in [5.41, 5.74) is 6.19. The minimum absolute atomic E-state index is 0.0436. The zero-order valence-corrected chi connectivity index (χ0v) is 25.5. The molecule has 1 atom stereocenters. The van der Waals surface area contributed by atoms with E-state index in [9.17, 15) is 0 Å². The maximum atomic E-state index is 15.9. The number of rotatable bonds is 12. The van der Waals surface area contributed by atoms with Gasteiger partial charge in [-0.1, -0.05) is 49.7 Å². The standard InChI is InChI=1S/C30H35ClF2O4.CH5N.CH2O2/c1-5-8-12-21(7-3)37-25-19-23(32)29(31)28(22(25)11-6-2)27-20(4)14-15-24(30(27)33)34-17-18-36-26-13-9-10-16-35-26;1-2;2-1-3/h5,7-8,12,14-15,19,26H,1,6,9-11,13,16-18H2,2-4H3;2H2,1H3;1H,(H,2,3)/b12-8-,21-7+;;. The zero-order valence-electron chi connectivity index (χ0n) is 24.8. The van der Waals surface area contributed by atoms with Gasteiger partial charge in [-0.15, -0.1) is 0 Å². The molecule has 42 heavy (non-hydrogen) atoms. The molecule has 1 aliphatic heterocycles. The summed E-state index contributed by atoms with van der Waals surface area (Å²) in [5.74, 6) is -0.474. The van der Waals surface area contributed by atoms with Gasteiger partial charge < -0.3 is 29.8 Å². The van der Waals surface area contributed by atoms with Crippen molar-refractivity contribution >= 4 is 18.1 Å². The molecule has 1 saturated heterocycles. The number of benzene rings is 2. The van der Waals surface area contributed by atoms with Gasteiger partial charge in [0.25, 0.3) is 6.47 Å². The van der Waals surface area contributed by atoms with Crippen molar-refractivity contribution in [2.24, 2.45) is 5.73 Å². The lowest BCUT2D eigenvalue weighted by atomic mass is 9.92. The second-order valence-corrected chi connectivity index (χ2v) is 9.23. The number of aryl methyl sites for hydroxylation is 1. The van der Waals surface area contributed by atoms with E-state index in [4.69, 9.17) is 40.4 Å². The molecule has 0 radical (unpaired) electrons. The van der Waals surface area contributed by atoms with E-state index in [2.05, 4.69) is 12.3 Å². The molecule has 0 amide bonds. The lowest BCUT2D eigenvalue weighted by Crippen LogP contribution is -2.24. The van der Waals surface area contributed by atoms with E-state index in [1.165, 1.54) is 13.1 Å². The Morgan fingerprint density at radius 2 is 1.93 bits per heavy atom. The number of carboxylic acid groups (broad SMARTS) is 1. The van der Waals surface area contributed by atoms with Crippen LogP contribution in [0.1, 0.15) is 50.7 Å². The Labute approximate surface area is 252 Å². The van der Waals surface area contributed by atoms with Gasteiger partial charge in [-0.2, -0.15) is 0 Å². The van der Waals surface area contributed by atoms with E-state index in [1.54, 1.807) is 43.4 Å². The van der Waals surface area contributed by atoms with E-state index in [0.717, 1.165) is 25.7 Å². The van der Waals surface area contributed by atoms with Crippen molar-refractivity contribution < 1.29 is 37.6 Å². The Bertz CT molecular complexity index is 1200. The van der Waals surface area contributed by atoms with Crippen molar-refractivity contribution in [1.29, 1.82) is 0 Å². The summed E-state index contributed by atoms with van der Waals surface area (Å²) in [5, 5.41) is 6.73. The largest absolute Gasteiger partial charge is 0.488 e. The van der Waals surface area contributed by atoms with Crippen LogP contribution in [0, 0.1) is 18.6 Å². The van der Waals surface area contributed by atoms with E-state index in [-0.39, 0.29) is 53.6 Å². The molecule has 0 saturated carbocycles. The molecule has 3 N–H and O–H groups in total. The molecule has 2 aromatic rings. The highest BCUT2D eigenvalue weighted by atomic mass is 35.5. The molecule has 0 aromatic heterocycles. The lowest BCUT2D eigenvalue weighted by Gasteiger charge is -2.23. The van der Waals surface area contributed by atoms with E-state index >= 15 is 8.78 Å². The first kappa shape index (κ1) is 36.8. The Morgan fingerprint density at radius 1 is 1.21 bits per heavy atom. The maximum absolute atomic E-state index is 15.9. The third-order valence-electron chi connectivity index (χ3n) is 6.04. The van der Waals surface area contributed by atoms with Crippen LogP contribution in [0.2, 0.25) is 5.02 Å². The van der Waals surface area contributed by atoms with Gasteiger partial charge in [0.05, 0.1) is 11.6 Å². The Balaban J connectivity index is 0.00000165. The molecule has 0 aliphatic carbocycles.